The lowest BCUT2D eigenvalue weighted by Gasteiger charge is -2.41. The molecule has 1 fully saturated rings. The highest BCUT2D eigenvalue weighted by atomic mass is 16.5. The summed E-state index contributed by atoms with van der Waals surface area (Å²) < 4.78 is 10.6. The first kappa shape index (κ1) is 15.8. The summed E-state index contributed by atoms with van der Waals surface area (Å²) in [5.74, 6) is -0.252. The molecule has 2 unspecified atom stereocenters. The van der Waals surface area contributed by atoms with Crippen molar-refractivity contribution in [3.8, 4) is 0 Å². The van der Waals surface area contributed by atoms with E-state index >= 15 is 0 Å². The van der Waals surface area contributed by atoms with Crippen molar-refractivity contribution in [2.75, 3.05) is 20.2 Å². The lowest BCUT2D eigenvalue weighted by Crippen LogP contribution is -2.59. The van der Waals surface area contributed by atoms with E-state index in [0.29, 0.717) is 32.4 Å². The number of methoxy groups -OCH3 is 1. The van der Waals surface area contributed by atoms with E-state index in [1.807, 2.05) is 13.8 Å². The molecule has 0 aromatic rings. The van der Waals surface area contributed by atoms with Crippen molar-refractivity contribution in [1.82, 2.24) is 5.32 Å². The van der Waals surface area contributed by atoms with Gasteiger partial charge in [-0.15, -0.1) is 0 Å². The number of hydrogen-bond donors (Lipinski definition) is 1. The molecule has 0 saturated carbocycles. The summed E-state index contributed by atoms with van der Waals surface area (Å²) in [5, 5.41) is 6.74. The van der Waals surface area contributed by atoms with Crippen molar-refractivity contribution in [1.29, 1.82) is 0 Å². The molecule has 0 aromatic heterocycles. The quantitative estimate of drug-likeness (QED) is 0.261. The zero-order valence-corrected chi connectivity index (χ0v) is 11.8. The van der Waals surface area contributed by atoms with Crippen molar-refractivity contribution in [2.24, 2.45) is 5.11 Å². The van der Waals surface area contributed by atoms with E-state index in [2.05, 4.69) is 15.3 Å². The summed E-state index contributed by atoms with van der Waals surface area (Å²) in [6.45, 7) is 4.93. The maximum atomic E-state index is 12.1. The van der Waals surface area contributed by atoms with Crippen LogP contribution in [0.25, 0.3) is 10.4 Å². The fourth-order valence-corrected chi connectivity index (χ4v) is 2.66. The topological polar surface area (TPSA) is 96.3 Å². The van der Waals surface area contributed by atoms with Gasteiger partial charge in [-0.05, 0) is 32.3 Å². The van der Waals surface area contributed by atoms with Gasteiger partial charge in [-0.3, -0.25) is 4.79 Å². The maximum absolute atomic E-state index is 12.1. The van der Waals surface area contributed by atoms with E-state index in [1.165, 1.54) is 7.11 Å². The molecule has 7 nitrogen and oxygen atoms in total. The van der Waals surface area contributed by atoms with Crippen molar-refractivity contribution in [2.45, 2.75) is 50.9 Å². The summed E-state index contributed by atoms with van der Waals surface area (Å²) in [6.07, 6.45) is 1.88. The molecule has 1 heterocycles. The average Bonchev–Trinajstić information content (AvgIpc) is 2.36. The predicted octanol–water partition coefficient (Wildman–Crippen LogP) is 1.78. The smallest absolute Gasteiger partial charge is 0.326 e. The lowest BCUT2D eigenvalue weighted by molar-refractivity contribution is -0.159. The third kappa shape index (κ3) is 4.38. The molecule has 108 valence electrons. The van der Waals surface area contributed by atoms with Crippen molar-refractivity contribution in [3.63, 3.8) is 0 Å². The van der Waals surface area contributed by atoms with Gasteiger partial charge in [0.15, 0.2) is 0 Å². The van der Waals surface area contributed by atoms with E-state index in [1.54, 1.807) is 0 Å². The molecule has 1 rings (SSSR count). The third-order valence-electron chi connectivity index (χ3n) is 3.27. The maximum Gasteiger partial charge on any atom is 0.326 e. The van der Waals surface area contributed by atoms with Gasteiger partial charge in [0.05, 0.1) is 19.3 Å². The minimum atomic E-state index is -0.692. The Kier molecular flexibility index (Phi) is 6.08. The van der Waals surface area contributed by atoms with Gasteiger partial charge in [0.1, 0.15) is 5.54 Å². The number of carbonyl (C=O) groups is 1. The largest absolute Gasteiger partial charge is 0.468 e. The second-order valence-corrected chi connectivity index (χ2v) is 4.97. The molecule has 1 saturated heterocycles. The fourth-order valence-electron chi connectivity index (χ4n) is 2.66. The summed E-state index contributed by atoms with van der Waals surface area (Å²) >= 11 is 0. The van der Waals surface area contributed by atoms with Crippen molar-refractivity contribution in [3.05, 3.63) is 10.4 Å². The average molecular weight is 270 g/mol. The first-order valence-electron chi connectivity index (χ1n) is 6.54. The number of carbonyl (C=O) groups excluding carboxylic acids is 1. The normalized spacial score (nSPS) is 30.5. The number of hydrogen-bond acceptors (Lipinski definition) is 5. The number of nitrogens with zero attached hydrogens (tertiary/aromatic N) is 3. The van der Waals surface area contributed by atoms with Crippen LogP contribution < -0.4 is 5.32 Å². The molecule has 0 bridgehead atoms. The molecule has 7 heteroatoms. The van der Waals surface area contributed by atoms with Crippen LogP contribution in [-0.2, 0) is 14.3 Å². The van der Waals surface area contributed by atoms with E-state index in [0.717, 1.165) is 0 Å². The Hall–Kier alpha value is -1.30. The molecule has 0 amide bonds. The predicted molar refractivity (Wildman–Crippen MR) is 70.6 cm³/mol. The molecule has 19 heavy (non-hydrogen) atoms. The highest BCUT2D eigenvalue weighted by Gasteiger charge is 2.45. The van der Waals surface area contributed by atoms with Gasteiger partial charge in [0.2, 0.25) is 0 Å². The minimum absolute atomic E-state index is 0.00693. The van der Waals surface area contributed by atoms with Crippen LogP contribution in [0.3, 0.4) is 0 Å². The first-order valence-corrected chi connectivity index (χ1v) is 6.54. The molecule has 0 spiro atoms. The van der Waals surface area contributed by atoms with Gasteiger partial charge in [0.25, 0.3) is 0 Å². The van der Waals surface area contributed by atoms with Crippen LogP contribution in [0.15, 0.2) is 5.11 Å². The Bertz CT molecular complexity index is 345. The molecule has 0 radical (unpaired) electrons. The third-order valence-corrected chi connectivity index (χ3v) is 3.27. The van der Waals surface area contributed by atoms with Crippen LogP contribution in [0.1, 0.15) is 33.1 Å². The molecule has 0 aromatic carbocycles. The molecule has 1 aliphatic heterocycles. The van der Waals surface area contributed by atoms with Gasteiger partial charge >= 0.3 is 5.97 Å². The van der Waals surface area contributed by atoms with Crippen LogP contribution in [-0.4, -0.2) is 43.9 Å². The molecular weight excluding hydrogens is 248 g/mol. The highest BCUT2D eigenvalue weighted by Crippen LogP contribution is 2.30. The fraction of sp³-hybridized carbons (Fsp3) is 0.917. The van der Waals surface area contributed by atoms with Gasteiger partial charge in [0, 0.05) is 24.3 Å². The summed E-state index contributed by atoms with van der Waals surface area (Å²) in [7, 11) is 1.40. The van der Waals surface area contributed by atoms with Gasteiger partial charge in [-0.2, -0.15) is 0 Å². The highest BCUT2D eigenvalue weighted by molar-refractivity contribution is 5.81. The monoisotopic (exact) mass is 270 g/mol. The molecular formula is C12H22N4O3. The SMILES string of the molecule is COC(=O)C1(NCCCN=[N+]=[N-])CC(C)OC(C)C1. The number of rotatable bonds is 6. The number of ether oxygens (including phenoxy) is 2. The van der Waals surface area contributed by atoms with E-state index in [9.17, 15) is 4.79 Å². The van der Waals surface area contributed by atoms with Gasteiger partial charge in [-0.1, -0.05) is 5.11 Å². The number of esters is 1. The zero-order valence-electron chi connectivity index (χ0n) is 11.8. The Morgan fingerprint density at radius 1 is 1.53 bits per heavy atom. The number of azide groups is 1. The standard InChI is InChI=1S/C12H22N4O3/c1-9-7-12(11(17)18-3,8-10(2)19-9)14-5-4-6-15-16-13/h9-10,14H,4-8H2,1-3H3. The van der Waals surface area contributed by atoms with Crippen LogP contribution in [0.4, 0.5) is 0 Å². The minimum Gasteiger partial charge on any atom is -0.468 e. The lowest BCUT2D eigenvalue weighted by atomic mass is 9.84. The summed E-state index contributed by atoms with van der Waals surface area (Å²) in [5.41, 5.74) is 7.52. The molecule has 1 aliphatic rings. The first-order chi connectivity index (χ1) is 9.04. The molecule has 0 aliphatic carbocycles. The van der Waals surface area contributed by atoms with E-state index < -0.39 is 5.54 Å². The van der Waals surface area contributed by atoms with Crippen LogP contribution in [0.2, 0.25) is 0 Å². The zero-order chi connectivity index (χ0) is 14.3. The van der Waals surface area contributed by atoms with Crippen LogP contribution >= 0.6 is 0 Å². The molecule has 2 atom stereocenters. The second kappa shape index (κ2) is 7.33. The number of nitrogens with one attached hydrogen (secondary N) is 1. The Morgan fingerprint density at radius 2 is 2.16 bits per heavy atom. The van der Waals surface area contributed by atoms with E-state index in [-0.39, 0.29) is 18.2 Å². The Balaban J connectivity index is 2.65. The van der Waals surface area contributed by atoms with E-state index in [4.69, 9.17) is 15.0 Å². The Labute approximate surface area is 113 Å². The summed E-state index contributed by atoms with van der Waals surface area (Å²) in [6, 6.07) is 0. The van der Waals surface area contributed by atoms with Crippen LogP contribution in [0, 0.1) is 0 Å². The van der Waals surface area contributed by atoms with Crippen LogP contribution in [0.5, 0.6) is 0 Å². The molecule has 1 N–H and O–H groups in total. The van der Waals surface area contributed by atoms with Crippen molar-refractivity contribution >= 4 is 5.97 Å². The van der Waals surface area contributed by atoms with Gasteiger partial charge in [-0.25, -0.2) is 0 Å². The second-order valence-electron chi connectivity index (χ2n) is 4.97. The van der Waals surface area contributed by atoms with Gasteiger partial charge < -0.3 is 14.8 Å². The van der Waals surface area contributed by atoms with Crippen molar-refractivity contribution < 1.29 is 14.3 Å². The Morgan fingerprint density at radius 3 is 2.68 bits per heavy atom. The summed E-state index contributed by atoms with van der Waals surface area (Å²) in [4.78, 5) is 14.8.